The maximum Gasteiger partial charge on any atom is 0.315 e. The first-order valence-corrected chi connectivity index (χ1v) is 7.04. The summed E-state index contributed by atoms with van der Waals surface area (Å²) in [6.07, 6.45) is 3.42. The maximum absolute atomic E-state index is 11.8. The topological polar surface area (TPSA) is 70.6 Å². The van der Waals surface area contributed by atoms with Crippen LogP contribution in [0.1, 0.15) is 46.5 Å². The van der Waals surface area contributed by atoms with Gasteiger partial charge in [-0.05, 0) is 32.6 Å². The van der Waals surface area contributed by atoms with E-state index >= 15 is 0 Å². The van der Waals surface area contributed by atoms with E-state index in [0.717, 1.165) is 25.7 Å². The van der Waals surface area contributed by atoms with Gasteiger partial charge in [-0.25, -0.2) is 4.79 Å². The van der Waals surface area contributed by atoms with Crippen LogP contribution < -0.4 is 10.6 Å². The highest BCUT2D eigenvalue weighted by atomic mass is 16.5. The van der Waals surface area contributed by atoms with Gasteiger partial charge in [-0.2, -0.15) is 0 Å². The zero-order valence-electron chi connectivity index (χ0n) is 12.4. The summed E-state index contributed by atoms with van der Waals surface area (Å²) in [7, 11) is 1.71. The average molecular weight is 270 g/mol. The second-order valence-electron chi connectivity index (χ2n) is 6.82. The van der Waals surface area contributed by atoms with Gasteiger partial charge in [0.1, 0.15) is 0 Å². The van der Waals surface area contributed by atoms with Crippen LogP contribution in [0.4, 0.5) is 4.79 Å². The molecule has 19 heavy (non-hydrogen) atoms. The Labute approximate surface area is 115 Å². The number of urea groups is 1. The molecule has 2 amide bonds. The van der Waals surface area contributed by atoms with Crippen molar-refractivity contribution >= 4 is 6.03 Å². The lowest BCUT2D eigenvalue weighted by molar-refractivity contribution is -0.177. The van der Waals surface area contributed by atoms with Crippen LogP contribution in [0.15, 0.2) is 0 Å². The molecule has 5 heteroatoms. The number of amides is 2. The van der Waals surface area contributed by atoms with Gasteiger partial charge in [0.15, 0.2) is 0 Å². The van der Waals surface area contributed by atoms with Crippen molar-refractivity contribution in [3.05, 3.63) is 0 Å². The highest BCUT2D eigenvalue weighted by molar-refractivity contribution is 5.74. The Bertz CT molecular complexity index is 366. The molecule has 2 aliphatic rings. The minimum atomic E-state index is -0.673. The lowest BCUT2D eigenvalue weighted by atomic mass is 9.56. The molecule has 0 aromatic carbocycles. The highest BCUT2D eigenvalue weighted by Gasteiger charge is 2.58. The Kier molecular flexibility index (Phi) is 3.56. The van der Waals surface area contributed by atoms with Gasteiger partial charge < -0.3 is 20.5 Å². The summed E-state index contributed by atoms with van der Waals surface area (Å²) in [6.45, 7) is 6.61. The lowest BCUT2D eigenvalue weighted by Crippen LogP contribution is -2.69. The molecule has 2 rings (SSSR count). The Hall–Kier alpha value is -0.810. The van der Waals surface area contributed by atoms with Gasteiger partial charge in [0.25, 0.3) is 0 Å². The molecule has 0 heterocycles. The third-order valence-electron chi connectivity index (χ3n) is 5.45. The van der Waals surface area contributed by atoms with E-state index < -0.39 is 5.60 Å². The first-order valence-electron chi connectivity index (χ1n) is 7.04. The van der Waals surface area contributed by atoms with Gasteiger partial charge in [-0.3, -0.25) is 0 Å². The molecule has 0 bridgehead atoms. The molecule has 5 nitrogen and oxygen atoms in total. The monoisotopic (exact) mass is 270 g/mol. The number of rotatable bonds is 4. The van der Waals surface area contributed by atoms with Crippen LogP contribution in [-0.4, -0.2) is 42.0 Å². The van der Waals surface area contributed by atoms with Gasteiger partial charge in [-0.1, -0.05) is 13.8 Å². The highest BCUT2D eigenvalue weighted by Crippen LogP contribution is 2.51. The number of hydrogen-bond donors (Lipinski definition) is 3. The van der Waals surface area contributed by atoms with Crippen LogP contribution in [-0.2, 0) is 4.74 Å². The van der Waals surface area contributed by atoms with Gasteiger partial charge in [0.05, 0.1) is 11.2 Å². The summed E-state index contributed by atoms with van der Waals surface area (Å²) in [5.41, 5.74) is -0.947. The van der Waals surface area contributed by atoms with Gasteiger partial charge in [-0.15, -0.1) is 0 Å². The number of methoxy groups -OCH3 is 1. The molecule has 0 aliphatic heterocycles. The van der Waals surface area contributed by atoms with Crippen LogP contribution in [0.5, 0.6) is 0 Å². The number of aliphatic hydroxyl groups is 1. The van der Waals surface area contributed by atoms with Crippen molar-refractivity contribution in [3.63, 3.8) is 0 Å². The second-order valence-corrected chi connectivity index (χ2v) is 6.82. The van der Waals surface area contributed by atoms with Crippen molar-refractivity contribution < 1.29 is 14.6 Å². The minimum Gasteiger partial charge on any atom is -0.388 e. The molecule has 2 atom stereocenters. The van der Waals surface area contributed by atoms with Crippen molar-refractivity contribution in [2.75, 3.05) is 13.7 Å². The summed E-state index contributed by atoms with van der Waals surface area (Å²) in [5.74, 6) is 0. The van der Waals surface area contributed by atoms with Crippen molar-refractivity contribution in [2.24, 2.45) is 5.41 Å². The minimum absolute atomic E-state index is 0.0908. The normalized spacial score (nSPS) is 34.9. The van der Waals surface area contributed by atoms with Crippen LogP contribution in [0, 0.1) is 5.41 Å². The largest absolute Gasteiger partial charge is 0.388 e. The standard InChI is InChI=1S/C14H26N2O3/c1-12(2)10(8-13(12,3)19-4)16-11(17)15-9-14(18)6-5-7-14/h10,18H,5-9H2,1-4H3,(H2,15,16,17). The van der Waals surface area contributed by atoms with E-state index in [1.165, 1.54) is 0 Å². The molecule has 0 radical (unpaired) electrons. The lowest BCUT2D eigenvalue weighted by Gasteiger charge is -2.59. The quantitative estimate of drug-likeness (QED) is 0.723. The molecule has 0 aromatic rings. The number of nitrogens with one attached hydrogen (secondary N) is 2. The molecule has 0 spiro atoms. The van der Waals surface area contributed by atoms with E-state index in [2.05, 4.69) is 31.4 Å². The van der Waals surface area contributed by atoms with E-state index in [4.69, 9.17) is 4.74 Å². The third kappa shape index (κ3) is 2.46. The molecular weight excluding hydrogens is 244 g/mol. The van der Waals surface area contributed by atoms with Gasteiger partial charge in [0.2, 0.25) is 0 Å². The number of ether oxygens (including phenoxy) is 1. The first-order chi connectivity index (χ1) is 8.72. The fraction of sp³-hybridized carbons (Fsp3) is 0.929. The Morgan fingerprint density at radius 3 is 2.42 bits per heavy atom. The van der Waals surface area contributed by atoms with Crippen LogP contribution in [0.3, 0.4) is 0 Å². The van der Waals surface area contributed by atoms with Crippen molar-refractivity contribution in [3.8, 4) is 0 Å². The summed E-state index contributed by atoms with van der Waals surface area (Å²) in [6, 6.07) is -0.0926. The number of carbonyl (C=O) groups excluding carboxylic acids is 1. The summed E-state index contributed by atoms with van der Waals surface area (Å²) >= 11 is 0. The Morgan fingerprint density at radius 2 is 2.00 bits per heavy atom. The summed E-state index contributed by atoms with van der Waals surface area (Å²) in [5, 5.41) is 15.7. The zero-order valence-corrected chi connectivity index (χ0v) is 12.4. The molecule has 3 N–H and O–H groups in total. The maximum atomic E-state index is 11.8. The SMILES string of the molecule is COC1(C)CC(NC(=O)NCC2(O)CCC2)C1(C)C. The molecule has 2 saturated carbocycles. The predicted octanol–water partition coefficient (Wildman–Crippen LogP) is 1.40. The number of carbonyl (C=O) groups is 1. The predicted molar refractivity (Wildman–Crippen MR) is 72.9 cm³/mol. The molecule has 0 saturated heterocycles. The van der Waals surface area contributed by atoms with E-state index in [-0.39, 0.29) is 23.1 Å². The second kappa shape index (κ2) is 4.63. The van der Waals surface area contributed by atoms with E-state index in [1.807, 2.05) is 0 Å². The first kappa shape index (κ1) is 14.6. The molecule has 0 aromatic heterocycles. The molecule has 2 aliphatic carbocycles. The van der Waals surface area contributed by atoms with Crippen molar-refractivity contribution in [2.45, 2.75) is 63.7 Å². The Balaban J connectivity index is 1.78. The molecule has 2 unspecified atom stereocenters. The van der Waals surface area contributed by atoms with Crippen molar-refractivity contribution in [1.29, 1.82) is 0 Å². The fourth-order valence-electron chi connectivity index (χ4n) is 2.94. The molecular formula is C14H26N2O3. The van der Waals surface area contributed by atoms with E-state index in [9.17, 15) is 9.90 Å². The Morgan fingerprint density at radius 1 is 1.37 bits per heavy atom. The molecule has 2 fully saturated rings. The van der Waals surface area contributed by atoms with Gasteiger partial charge in [0, 0.05) is 25.1 Å². The molecule has 110 valence electrons. The third-order valence-corrected chi connectivity index (χ3v) is 5.45. The fourth-order valence-corrected chi connectivity index (χ4v) is 2.94. The summed E-state index contributed by atoms with van der Waals surface area (Å²) < 4.78 is 5.53. The van der Waals surface area contributed by atoms with Gasteiger partial charge >= 0.3 is 6.03 Å². The summed E-state index contributed by atoms with van der Waals surface area (Å²) in [4.78, 5) is 11.8. The smallest absolute Gasteiger partial charge is 0.315 e. The van der Waals surface area contributed by atoms with Crippen LogP contribution >= 0.6 is 0 Å². The van der Waals surface area contributed by atoms with Crippen LogP contribution in [0.2, 0.25) is 0 Å². The van der Waals surface area contributed by atoms with E-state index in [1.54, 1.807) is 7.11 Å². The zero-order chi connectivity index (χ0) is 14.3. The van der Waals surface area contributed by atoms with Crippen molar-refractivity contribution in [1.82, 2.24) is 10.6 Å². The van der Waals surface area contributed by atoms with E-state index in [0.29, 0.717) is 6.54 Å². The number of hydrogen-bond acceptors (Lipinski definition) is 3. The average Bonchev–Trinajstić information content (AvgIpc) is 2.33. The van der Waals surface area contributed by atoms with Crippen LogP contribution in [0.25, 0.3) is 0 Å².